The second-order valence-electron chi connectivity index (χ2n) is 3.62. The zero-order chi connectivity index (χ0) is 11.3. The summed E-state index contributed by atoms with van der Waals surface area (Å²) >= 11 is 0. The Morgan fingerprint density at radius 2 is 2.20 bits per heavy atom. The molecule has 0 atom stereocenters. The molecular weight excluding hydrogens is 195 g/mol. The molecule has 0 saturated carbocycles. The number of hydrogen-bond acceptors (Lipinski definition) is 4. The summed E-state index contributed by atoms with van der Waals surface area (Å²) < 4.78 is 13.2. The number of anilines is 2. The lowest BCUT2D eigenvalue weighted by molar-refractivity contribution is 0.614. The van der Waals surface area contributed by atoms with Gasteiger partial charge in [-0.15, -0.1) is 0 Å². The molecule has 0 aliphatic carbocycles. The van der Waals surface area contributed by atoms with Gasteiger partial charge in [0, 0.05) is 12.6 Å². The number of halogens is 1. The van der Waals surface area contributed by atoms with Crippen LogP contribution in [0.4, 0.5) is 16.2 Å². The van der Waals surface area contributed by atoms with E-state index in [-0.39, 0.29) is 11.9 Å². The molecule has 1 heterocycles. The van der Waals surface area contributed by atoms with Gasteiger partial charge in [-0.05, 0) is 20.3 Å². The van der Waals surface area contributed by atoms with Crippen LogP contribution in [0, 0.1) is 5.82 Å². The van der Waals surface area contributed by atoms with Crippen molar-refractivity contribution in [3.8, 4) is 0 Å². The molecule has 0 aromatic carbocycles. The number of rotatable bonds is 5. The molecule has 0 bridgehead atoms. The van der Waals surface area contributed by atoms with Gasteiger partial charge >= 0.3 is 0 Å². The van der Waals surface area contributed by atoms with Crippen LogP contribution in [0.3, 0.4) is 0 Å². The highest BCUT2D eigenvalue weighted by molar-refractivity contribution is 5.41. The number of nitrogens with zero attached hydrogens (tertiary/aromatic N) is 2. The molecule has 0 spiro atoms. The smallest absolute Gasteiger partial charge is 0.224 e. The zero-order valence-electron chi connectivity index (χ0n) is 9.34. The Hall–Kier alpha value is -1.39. The van der Waals surface area contributed by atoms with Gasteiger partial charge in [-0.25, -0.2) is 9.37 Å². The first-order chi connectivity index (χ1) is 7.13. The SMILES string of the molecule is CCCNc1ncc(F)c(NC(C)C)n1. The van der Waals surface area contributed by atoms with Gasteiger partial charge in [0.05, 0.1) is 6.20 Å². The maximum atomic E-state index is 13.2. The average molecular weight is 212 g/mol. The average Bonchev–Trinajstić information content (AvgIpc) is 2.18. The molecule has 1 aromatic heterocycles. The summed E-state index contributed by atoms with van der Waals surface area (Å²) in [6, 6.07) is 0.147. The summed E-state index contributed by atoms with van der Waals surface area (Å²) in [5, 5.41) is 5.93. The minimum Gasteiger partial charge on any atom is -0.365 e. The molecule has 5 heteroatoms. The van der Waals surface area contributed by atoms with Crippen molar-refractivity contribution in [2.24, 2.45) is 0 Å². The first-order valence-electron chi connectivity index (χ1n) is 5.16. The fourth-order valence-corrected chi connectivity index (χ4v) is 1.06. The van der Waals surface area contributed by atoms with Gasteiger partial charge in [0.2, 0.25) is 5.95 Å². The van der Waals surface area contributed by atoms with Gasteiger partial charge in [-0.2, -0.15) is 4.98 Å². The van der Waals surface area contributed by atoms with Crippen molar-refractivity contribution in [1.29, 1.82) is 0 Å². The van der Waals surface area contributed by atoms with E-state index in [4.69, 9.17) is 0 Å². The van der Waals surface area contributed by atoms with Crippen molar-refractivity contribution in [1.82, 2.24) is 9.97 Å². The Labute approximate surface area is 89.3 Å². The standard InChI is InChI=1S/C10H17FN4/c1-4-5-12-10-13-6-8(11)9(15-10)14-7(2)3/h6-7H,4-5H2,1-3H3,(H2,12,13,14,15). The molecule has 0 saturated heterocycles. The molecule has 84 valence electrons. The Morgan fingerprint density at radius 3 is 2.80 bits per heavy atom. The molecule has 1 aromatic rings. The lowest BCUT2D eigenvalue weighted by Gasteiger charge is -2.11. The van der Waals surface area contributed by atoms with Crippen LogP contribution in [0.2, 0.25) is 0 Å². The van der Waals surface area contributed by atoms with E-state index < -0.39 is 5.82 Å². The van der Waals surface area contributed by atoms with Gasteiger partial charge in [0.25, 0.3) is 0 Å². The van der Waals surface area contributed by atoms with Crippen molar-refractivity contribution in [3.05, 3.63) is 12.0 Å². The molecule has 0 amide bonds. The van der Waals surface area contributed by atoms with Crippen LogP contribution < -0.4 is 10.6 Å². The summed E-state index contributed by atoms with van der Waals surface area (Å²) in [6.45, 7) is 6.69. The largest absolute Gasteiger partial charge is 0.365 e. The zero-order valence-corrected chi connectivity index (χ0v) is 9.34. The molecule has 1 rings (SSSR count). The van der Waals surface area contributed by atoms with E-state index in [0.717, 1.165) is 13.0 Å². The maximum absolute atomic E-state index is 13.2. The highest BCUT2D eigenvalue weighted by Gasteiger charge is 2.07. The molecule has 0 aliphatic rings. The molecular formula is C10H17FN4. The summed E-state index contributed by atoms with van der Waals surface area (Å²) in [5.74, 6) is 0.283. The second kappa shape index (κ2) is 5.48. The first kappa shape index (κ1) is 11.7. The Balaban J connectivity index is 2.75. The van der Waals surface area contributed by atoms with E-state index in [2.05, 4.69) is 20.6 Å². The summed E-state index contributed by atoms with van der Waals surface area (Å²) in [7, 11) is 0. The van der Waals surface area contributed by atoms with Gasteiger partial charge in [0.15, 0.2) is 11.6 Å². The molecule has 2 N–H and O–H groups in total. The first-order valence-corrected chi connectivity index (χ1v) is 5.16. The predicted molar refractivity (Wildman–Crippen MR) is 59.5 cm³/mol. The third-order valence-electron chi connectivity index (χ3n) is 1.70. The third-order valence-corrected chi connectivity index (χ3v) is 1.70. The number of hydrogen-bond donors (Lipinski definition) is 2. The van der Waals surface area contributed by atoms with Crippen LogP contribution in [0.5, 0.6) is 0 Å². The van der Waals surface area contributed by atoms with Crippen LogP contribution in [0.15, 0.2) is 6.20 Å². The summed E-state index contributed by atoms with van der Waals surface area (Å²) in [6.07, 6.45) is 2.16. The van der Waals surface area contributed by atoms with Gasteiger partial charge in [-0.3, -0.25) is 0 Å². The lowest BCUT2D eigenvalue weighted by Crippen LogP contribution is -2.14. The molecule has 0 aliphatic heterocycles. The van der Waals surface area contributed by atoms with Crippen molar-refractivity contribution in [2.75, 3.05) is 17.2 Å². The van der Waals surface area contributed by atoms with Crippen LogP contribution in [-0.4, -0.2) is 22.6 Å². The third kappa shape index (κ3) is 3.69. The van der Waals surface area contributed by atoms with Crippen molar-refractivity contribution < 1.29 is 4.39 Å². The number of aromatic nitrogens is 2. The second-order valence-corrected chi connectivity index (χ2v) is 3.62. The summed E-state index contributed by atoms with van der Waals surface area (Å²) in [4.78, 5) is 7.89. The predicted octanol–water partition coefficient (Wildman–Crippen LogP) is 2.26. The Morgan fingerprint density at radius 1 is 1.47 bits per heavy atom. The van der Waals surface area contributed by atoms with Crippen LogP contribution in [0.25, 0.3) is 0 Å². The van der Waals surface area contributed by atoms with Crippen molar-refractivity contribution in [2.45, 2.75) is 33.2 Å². The van der Waals surface area contributed by atoms with E-state index in [0.29, 0.717) is 5.95 Å². The summed E-state index contributed by atoms with van der Waals surface area (Å²) in [5.41, 5.74) is 0. The fourth-order valence-electron chi connectivity index (χ4n) is 1.06. The maximum Gasteiger partial charge on any atom is 0.224 e. The Bertz CT molecular complexity index is 314. The normalized spacial score (nSPS) is 10.5. The van der Waals surface area contributed by atoms with E-state index in [1.165, 1.54) is 6.20 Å². The molecule has 0 unspecified atom stereocenters. The molecule has 0 radical (unpaired) electrons. The topological polar surface area (TPSA) is 49.8 Å². The van der Waals surface area contributed by atoms with Crippen molar-refractivity contribution >= 4 is 11.8 Å². The monoisotopic (exact) mass is 212 g/mol. The van der Waals surface area contributed by atoms with Gasteiger partial charge < -0.3 is 10.6 Å². The molecule has 0 fully saturated rings. The van der Waals surface area contributed by atoms with Gasteiger partial charge in [-0.1, -0.05) is 6.92 Å². The Kier molecular flexibility index (Phi) is 4.27. The van der Waals surface area contributed by atoms with E-state index in [1.807, 2.05) is 20.8 Å². The fraction of sp³-hybridized carbons (Fsp3) is 0.600. The van der Waals surface area contributed by atoms with Gasteiger partial charge in [0.1, 0.15) is 0 Å². The van der Waals surface area contributed by atoms with E-state index >= 15 is 0 Å². The van der Waals surface area contributed by atoms with Crippen LogP contribution in [0.1, 0.15) is 27.2 Å². The van der Waals surface area contributed by atoms with E-state index in [9.17, 15) is 4.39 Å². The van der Waals surface area contributed by atoms with E-state index in [1.54, 1.807) is 0 Å². The minimum atomic E-state index is -0.425. The quantitative estimate of drug-likeness (QED) is 0.786. The van der Waals surface area contributed by atoms with Crippen LogP contribution in [-0.2, 0) is 0 Å². The highest BCUT2D eigenvalue weighted by atomic mass is 19.1. The highest BCUT2D eigenvalue weighted by Crippen LogP contribution is 2.12. The van der Waals surface area contributed by atoms with Crippen LogP contribution >= 0.6 is 0 Å². The molecule has 15 heavy (non-hydrogen) atoms. The lowest BCUT2D eigenvalue weighted by atomic mass is 10.4. The number of nitrogens with one attached hydrogen (secondary N) is 2. The molecule has 4 nitrogen and oxygen atoms in total. The minimum absolute atomic E-state index is 0.147. The van der Waals surface area contributed by atoms with Crippen molar-refractivity contribution in [3.63, 3.8) is 0 Å².